The molecular formula is C24H25BrN2O4S. The lowest BCUT2D eigenvalue weighted by Crippen LogP contribution is -2.15. The predicted octanol–water partition coefficient (Wildman–Crippen LogP) is 6.29. The summed E-state index contributed by atoms with van der Waals surface area (Å²) in [6.07, 6.45) is 0.858. The van der Waals surface area contributed by atoms with Crippen LogP contribution in [-0.4, -0.2) is 25.1 Å². The number of anilines is 2. The number of esters is 1. The minimum Gasteiger partial charge on any atom is -0.491 e. The number of nitrogen functional groups attached to an aromatic ring is 1. The van der Waals surface area contributed by atoms with Crippen LogP contribution in [0.15, 0.2) is 46.9 Å². The van der Waals surface area contributed by atoms with Crippen LogP contribution in [0.3, 0.4) is 0 Å². The molecule has 1 aromatic heterocycles. The first-order valence-electron chi connectivity index (χ1n) is 10.3. The van der Waals surface area contributed by atoms with E-state index in [9.17, 15) is 9.59 Å². The van der Waals surface area contributed by atoms with Gasteiger partial charge in [0.25, 0.3) is 5.91 Å². The van der Waals surface area contributed by atoms with E-state index in [1.807, 2.05) is 38.1 Å². The van der Waals surface area contributed by atoms with E-state index in [0.29, 0.717) is 34.2 Å². The molecule has 168 valence electrons. The van der Waals surface area contributed by atoms with E-state index in [2.05, 4.69) is 21.2 Å². The van der Waals surface area contributed by atoms with Crippen LogP contribution in [0.1, 0.15) is 45.9 Å². The summed E-state index contributed by atoms with van der Waals surface area (Å²) in [5.74, 6) is -0.305. The summed E-state index contributed by atoms with van der Waals surface area (Å²) >= 11 is 4.77. The number of nitrogens with two attached hydrogens (primary N) is 1. The predicted molar refractivity (Wildman–Crippen MR) is 133 cm³/mol. The average molecular weight is 517 g/mol. The quantitative estimate of drug-likeness (QED) is 0.271. The minimum atomic E-state index is -0.479. The summed E-state index contributed by atoms with van der Waals surface area (Å²) in [5, 5.41) is 3.31. The van der Waals surface area contributed by atoms with E-state index >= 15 is 0 Å². The fourth-order valence-electron chi connectivity index (χ4n) is 3.20. The number of hydrogen-bond donors (Lipinski definition) is 2. The van der Waals surface area contributed by atoms with Gasteiger partial charge >= 0.3 is 5.97 Å². The maximum atomic E-state index is 13.0. The van der Waals surface area contributed by atoms with Gasteiger partial charge in [-0.2, -0.15) is 0 Å². The van der Waals surface area contributed by atoms with Gasteiger partial charge < -0.3 is 20.5 Å². The van der Waals surface area contributed by atoms with Crippen LogP contribution in [0.5, 0.6) is 5.75 Å². The number of carbonyl (C=O) groups excluding carboxylic acids is 2. The van der Waals surface area contributed by atoms with Crippen LogP contribution in [-0.2, 0) is 4.74 Å². The van der Waals surface area contributed by atoms with Gasteiger partial charge in [0.05, 0.1) is 18.9 Å². The standard InChI is InChI=1S/C24H25BrN2O4S/c1-4-12-31-19-11-8-16(13-18(19)26)22(28)27-23-21(24(29)30-5-2)20(14(3)32-23)15-6-9-17(25)10-7-15/h6-11,13H,4-5,12,26H2,1-3H3,(H,27,28). The summed E-state index contributed by atoms with van der Waals surface area (Å²) in [6, 6.07) is 12.6. The fourth-order valence-corrected chi connectivity index (χ4v) is 4.53. The molecular weight excluding hydrogens is 492 g/mol. The maximum Gasteiger partial charge on any atom is 0.341 e. The van der Waals surface area contributed by atoms with Gasteiger partial charge in [-0.15, -0.1) is 11.3 Å². The summed E-state index contributed by atoms with van der Waals surface area (Å²) in [5.41, 5.74) is 8.77. The van der Waals surface area contributed by atoms with Crippen LogP contribution >= 0.6 is 27.3 Å². The number of benzene rings is 2. The van der Waals surface area contributed by atoms with Crippen LogP contribution in [0, 0.1) is 6.92 Å². The third-order valence-electron chi connectivity index (χ3n) is 4.66. The molecule has 0 aliphatic carbocycles. The number of carbonyl (C=O) groups is 2. The molecule has 0 saturated carbocycles. The largest absolute Gasteiger partial charge is 0.491 e. The molecule has 0 radical (unpaired) electrons. The lowest BCUT2D eigenvalue weighted by Gasteiger charge is -2.11. The van der Waals surface area contributed by atoms with E-state index in [0.717, 1.165) is 26.9 Å². The first kappa shape index (κ1) is 23.8. The van der Waals surface area contributed by atoms with E-state index in [4.69, 9.17) is 15.2 Å². The first-order chi connectivity index (χ1) is 15.3. The molecule has 0 fully saturated rings. The summed E-state index contributed by atoms with van der Waals surface area (Å²) in [4.78, 5) is 26.7. The maximum absolute atomic E-state index is 13.0. The number of nitrogens with one attached hydrogen (secondary N) is 1. The molecule has 0 saturated heterocycles. The van der Waals surface area contributed by atoms with Gasteiger partial charge in [-0.25, -0.2) is 4.79 Å². The Kier molecular flexibility index (Phi) is 7.93. The SMILES string of the molecule is CCCOc1ccc(C(=O)Nc2sc(C)c(-c3ccc(Br)cc3)c2C(=O)OCC)cc1N. The fraction of sp³-hybridized carbons (Fsp3) is 0.250. The molecule has 2 aromatic carbocycles. The van der Waals surface area contributed by atoms with Crippen LogP contribution < -0.4 is 15.8 Å². The van der Waals surface area contributed by atoms with Crippen molar-refractivity contribution in [1.82, 2.24) is 0 Å². The lowest BCUT2D eigenvalue weighted by atomic mass is 10.0. The van der Waals surface area contributed by atoms with Gasteiger partial charge in [0.2, 0.25) is 0 Å². The van der Waals surface area contributed by atoms with Gasteiger partial charge in [0.1, 0.15) is 16.3 Å². The Labute approximate surface area is 199 Å². The van der Waals surface area contributed by atoms with E-state index in [1.54, 1.807) is 25.1 Å². The Morgan fingerprint density at radius 1 is 1.12 bits per heavy atom. The Morgan fingerprint density at radius 3 is 2.47 bits per heavy atom. The molecule has 0 bridgehead atoms. The van der Waals surface area contributed by atoms with Crippen molar-refractivity contribution in [3.63, 3.8) is 0 Å². The van der Waals surface area contributed by atoms with E-state index < -0.39 is 5.97 Å². The Balaban J connectivity index is 1.96. The van der Waals surface area contributed by atoms with Crippen molar-refractivity contribution >= 4 is 49.8 Å². The highest BCUT2D eigenvalue weighted by atomic mass is 79.9. The second kappa shape index (κ2) is 10.7. The number of amides is 1. The molecule has 3 rings (SSSR count). The Bertz CT molecular complexity index is 1130. The highest BCUT2D eigenvalue weighted by molar-refractivity contribution is 9.10. The molecule has 0 spiro atoms. The van der Waals surface area contributed by atoms with E-state index in [-0.39, 0.29) is 12.5 Å². The van der Waals surface area contributed by atoms with Crippen molar-refractivity contribution in [2.24, 2.45) is 0 Å². The molecule has 0 aliphatic heterocycles. The third-order valence-corrected chi connectivity index (χ3v) is 6.21. The molecule has 1 amide bonds. The number of ether oxygens (including phenoxy) is 2. The molecule has 0 aliphatic rings. The van der Waals surface area contributed by atoms with Gasteiger partial charge in [0, 0.05) is 20.5 Å². The number of rotatable bonds is 8. The molecule has 3 aromatic rings. The van der Waals surface area contributed by atoms with Gasteiger partial charge in [-0.3, -0.25) is 4.79 Å². The summed E-state index contributed by atoms with van der Waals surface area (Å²) in [7, 11) is 0. The van der Waals surface area contributed by atoms with Crippen molar-refractivity contribution in [3.8, 4) is 16.9 Å². The van der Waals surface area contributed by atoms with Gasteiger partial charge in [-0.05, 0) is 56.2 Å². The molecule has 3 N–H and O–H groups in total. The second-order valence-electron chi connectivity index (χ2n) is 7.02. The molecule has 0 unspecified atom stereocenters. The van der Waals surface area contributed by atoms with Crippen LogP contribution in [0.4, 0.5) is 10.7 Å². The van der Waals surface area contributed by atoms with Crippen molar-refractivity contribution < 1.29 is 19.1 Å². The highest BCUT2D eigenvalue weighted by Crippen LogP contribution is 2.41. The van der Waals surface area contributed by atoms with Gasteiger partial charge in [0.15, 0.2) is 0 Å². The monoisotopic (exact) mass is 516 g/mol. The molecule has 32 heavy (non-hydrogen) atoms. The number of thiophene rings is 1. The van der Waals surface area contributed by atoms with E-state index in [1.165, 1.54) is 11.3 Å². The molecule has 1 heterocycles. The summed E-state index contributed by atoms with van der Waals surface area (Å²) in [6.45, 7) is 6.45. The lowest BCUT2D eigenvalue weighted by molar-refractivity contribution is 0.0529. The Hall–Kier alpha value is -2.84. The average Bonchev–Trinajstić information content (AvgIpc) is 3.09. The third kappa shape index (κ3) is 5.31. The van der Waals surface area contributed by atoms with Crippen molar-refractivity contribution in [3.05, 3.63) is 62.9 Å². The van der Waals surface area contributed by atoms with Crippen molar-refractivity contribution in [1.29, 1.82) is 0 Å². The van der Waals surface area contributed by atoms with Crippen molar-refractivity contribution in [2.45, 2.75) is 27.2 Å². The van der Waals surface area contributed by atoms with Gasteiger partial charge in [-0.1, -0.05) is 35.0 Å². The molecule has 8 heteroatoms. The number of halogens is 1. The highest BCUT2D eigenvalue weighted by Gasteiger charge is 2.26. The smallest absolute Gasteiger partial charge is 0.341 e. The normalized spacial score (nSPS) is 10.6. The zero-order chi connectivity index (χ0) is 23.3. The second-order valence-corrected chi connectivity index (χ2v) is 9.16. The minimum absolute atomic E-state index is 0.233. The first-order valence-corrected chi connectivity index (χ1v) is 11.9. The number of hydrogen-bond acceptors (Lipinski definition) is 6. The van der Waals surface area contributed by atoms with Crippen LogP contribution in [0.25, 0.3) is 11.1 Å². The Morgan fingerprint density at radius 2 is 1.84 bits per heavy atom. The van der Waals surface area contributed by atoms with Crippen LogP contribution in [0.2, 0.25) is 0 Å². The zero-order valence-corrected chi connectivity index (χ0v) is 20.6. The zero-order valence-electron chi connectivity index (χ0n) is 18.2. The topological polar surface area (TPSA) is 90.6 Å². The molecule has 6 nitrogen and oxygen atoms in total. The molecule has 0 atom stereocenters. The summed E-state index contributed by atoms with van der Waals surface area (Å²) < 4.78 is 11.8. The number of aryl methyl sites for hydroxylation is 1. The van der Waals surface area contributed by atoms with Crippen molar-refractivity contribution in [2.75, 3.05) is 24.3 Å².